The number of rotatable bonds is 5. The van der Waals surface area contributed by atoms with E-state index >= 15 is 0 Å². The van der Waals surface area contributed by atoms with Gasteiger partial charge >= 0.3 is 0 Å². The summed E-state index contributed by atoms with van der Waals surface area (Å²) >= 11 is 0. The first kappa shape index (κ1) is 15.7. The number of aromatic nitrogens is 1. The minimum Gasteiger partial charge on any atom is -0.392 e. The summed E-state index contributed by atoms with van der Waals surface area (Å²) in [5.74, 6) is 0. The van der Waals surface area contributed by atoms with Crippen LogP contribution in [0.15, 0.2) is 22.9 Å². The van der Waals surface area contributed by atoms with E-state index < -0.39 is 0 Å². The Hall–Kier alpha value is -1.65. The van der Waals surface area contributed by atoms with E-state index in [9.17, 15) is 5.11 Å². The van der Waals surface area contributed by atoms with Gasteiger partial charge in [-0.3, -0.25) is 4.90 Å². The first-order valence-corrected chi connectivity index (χ1v) is 7.25. The lowest BCUT2D eigenvalue weighted by Crippen LogP contribution is -2.23. The van der Waals surface area contributed by atoms with Crippen molar-refractivity contribution in [2.24, 2.45) is 0 Å². The summed E-state index contributed by atoms with van der Waals surface area (Å²) < 4.78 is 4.93. The van der Waals surface area contributed by atoms with Crippen LogP contribution in [0.2, 0.25) is 0 Å². The fourth-order valence-corrected chi connectivity index (χ4v) is 2.81. The molecule has 1 aromatic heterocycles. The molecule has 4 heteroatoms. The molecule has 1 aromatic carbocycles. The topological polar surface area (TPSA) is 49.5 Å². The predicted molar refractivity (Wildman–Crippen MR) is 83.0 cm³/mol. The van der Waals surface area contributed by atoms with Crippen LogP contribution in [-0.4, -0.2) is 22.2 Å². The molecule has 0 aliphatic heterocycles. The second-order valence-electron chi connectivity index (χ2n) is 5.77. The molecule has 4 nitrogen and oxygen atoms in total. The van der Waals surface area contributed by atoms with Gasteiger partial charge in [-0.15, -0.1) is 0 Å². The van der Waals surface area contributed by atoms with E-state index in [-0.39, 0.29) is 12.6 Å². The number of aliphatic hydroxyl groups excluding tert-OH is 1. The number of hydrogen-bond donors (Lipinski definition) is 1. The molecule has 0 amide bonds. The second-order valence-corrected chi connectivity index (χ2v) is 5.77. The van der Waals surface area contributed by atoms with Crippen LogP contribution in [0, 0.1) is 20.8 Å². The molecular weight excluding hydrogens is 264 g/mol. The van der Waals surface area contributed by atoms with Gasteiger partial charge in [-0.1, -0.05) is 11.2 Å². The Morgan fingerprint density at radius 1 is 1.24 bits per heavy atom. The summed E-state index contributed by atoms with van der Waals surface area (Å²) in [6, 6.07) is 4.24. The molecule has 1 atom stereocenters. The first-order valence-electron chi connectivity index (χ1n) is 7.25. The molecule has 114 valence electrons. The zero-order valence-electron chi connectivity index (χ0n) is 13.5. The monoisotopic (exact) mass is 288 g/mol. The third-order valence-electron chi connectivity index (χ3n) is 4.40. The van der Waals surface area contributed by atoms with Gasteiger partial charge in [0.25, 0.3) is 0 Å². The molecule has 0 saturated heterocycles. The summed E-state index contributed by atoms with van der Waals surface area (Å²) in [5, 5.41) is 13.6. The highest BCUT2D eigenvalue weighted by Crippen LogP contribution is 2.26. The molecule has 1 heterocycles. The lowest BCUT2D eigenvalue weighted by molar-refractivity contribution is 0.239. The SMILES string of the molecule is Cc1cc(C)c(CN(C)[C@@H](C)c2ccon2)c(C)c1CO. The number of benzene rings is 1. The molecule has 1 N–H and O–H groups in total. The Bertz CT molecular complexity index is 606. The summed E-state index contributed by atoms with van der Waals surface area (Å²) in [6.07, 6.45) is 1.60. The molecule has 21 heavy (non-hydrogen) atoms. The van der Waals surface area contributed by atoms with Crippen molar-refractivity contribution in [2.75, 3.05) is 7.05 Å². The molecule has 0 unspecified atom stereocenters. The summed E-state index contributed by atoms with van der Waals surface area (Å²) in [6.45, 7) is 9.30. The highest BCUT2D eigenvalue weighted by molar-refractivity contribution is 5.44. The van der Waals surface area contributed by atoms with Crippen molar-refractivity contribution in [3.63, 3.8) is 0 Å². The van der Waals surface area contributed by atoms with Gasteiger partial charge in [-0.05, 0) is 62.6 Å². The molecule has 0 aliphatic carbocycles. The fraction of sp³-hybridized carbons (Fsp3) is 0.471. The molecule has 2 rings (SSSR count). The van der Waals surface area contributed by atoms with E-state index in [2.05, 4.69) is 50.9 Å². The fourth-order valence-electron chi connectivity index (χ4n) is 2.81. The maximum absolute atomic E-state index is 9.57. The van der Waals surface area contributed by atoms with E-state index in [0.717, 1.165) is 23.4 Å². The van der Waals surface area contributed by atoms with Crippen LogP contribution in [0.4, 0.5) is 0 Å². The molecule has 0 aliphatic rings. The van der Waals surface area contributed by atoms with Gasteiger partial charge < -0.3 is 9.63 Å². The highest BCUT2D eigenvalue weighted by atomic mass is 16.5. The van der Waals surface area contributed by atoms with Crippen molar-refractivity contribution in [1.82, 2.24) is 10.1 Å². The maximum Gasteiger partial charge on any atom is 0.124 e. The van der Waals surface area contributed by atoms with Gasteiger partial charge in [-0.2, -0.15) is 0 Å². The van der Waals surface area contributed by atoms with Crippen LogP contribution in [0.25, 0.3) is 0 Å². The third kappa shape index (κ3) is 3.17. The molecule has 0 spiro atoms. The van der Waals surface area contributed by atoms with Crippen molar-refractivity contribution >= 4 is 0 Å². The smallest absolute Gasteiger partial charge is 0.124 e. The molecule has 0 fully saturated rings. The lowest BCUT2D eigenvalue weighted by atomic mass is 9.93. The van der Waals surface area contributed by atoms with Crippen LogP contribution in [0.3, 0.4) is 0 Å². The average molecular weight is 288 g/mol. The van der Waals surface area contributed by atoms with Crippen LogP contribution < -0.4 is 0 Å². The Morgan fingerprint density at radius 2 is 1.90 bits per heavy atom. The van der Waals surface area contributed by atoms with Crippen molar-refractivity contribution in [3.8, 4) is 0 Å². The Morgan fingerprint density at radius 3 is 2.48 bits per heavy atom. The Labute approximate surface area is 126 Å². The average Bonchev–Trinajstić information content (AvgIpc) is 2.96. The van der Waals surface area contributed by atoms with Gasteiger partial charge in [0, 0.05) is 12.6 Å². The van der Waals surface area contributed by atoms with E-state index in [1.807, 2.05) is 6.07 Å². The van der Waals surface area contributed by atoms with Gasteiger partial charge in [0.15, 0.2) is 0 Å². The quantitative estimate of drug-likeness (QED) is 0.917. The molecule has 0 saturated carbocycles. The number of aliphatic hydroxyl groups is 1. The number of aryl methyl sites for hydroxylation is 2. The maximum atomic E-state index is 9.57. The Balaban J connectivity index is 2.27. The van der Waals surface area contributed by atoms with Gasteiger partial charge in [-0.25, -0.2) is 0 Å². The minimum atomic E-state index is 0.0908. The third-order valence-corrected chi connectivity index (χ3v) is 4.40. The van der Waals surface area contributed by atoms with E-state index in [4.69, 9.17) is 4.52 Å². The Kier molecular flexibility index (Phi) is 4.80. The van der Waals surface area contributed by atoms with E-state index in [1.165, 1.54) is 16.7 Å². The number of hydrogen-bond acceptors (Lipinski definition) is 4. The highest BCUT2D eigenvalue weighted by Gasteiger charge is 2.18. The van der Waals surface area contributed by atoms with Crippen LogP contribution in [0.1, 0.15) is 46.5 Å². The van der Waals surface area contributed by atoms with Crippen LogP contribution in [0.5, 0.6) is 0 Å². The largest absolute Gasteiger partial charge is 0.392 e. The minimum absolute atomic E-state index is 0.0908. The zero-order valence-corrected chi connectivity index (χ0v) is 13.5. The summed E-state index contributed by atoms with van der Waals surface area (Å²) in [4.78, 5) is 2.24. The zero-order chi connectivity index (χ0) is 15.6. The van der Waals surface area contributed by atoms with E-state index in [0.29, 0.717) is 0 Å². The molecule has 0 bridgehead atoms. The van der Waals surface area contributed by atoms with Crippen LogP contribution >= 0.6 is 0 Å². The summed E-state index contributed by atoms with van der Waals surface area (Å²) in [7, 11) is 2.08. The predicted octanol–water partition coefficient (Wildman–Crippen LogP) is 3.29. The molecule has 0 radical (unpaired) electrons. The van der Waals surface area contributed by atoms with Crippen molar-refractivity contribution in [3.05, 3.63) is 51.9 Å². The first-order chi connectivity index (χ1) is 9.95. The van der Waals surface area contributed by atoms with Crippen molar-refractivity contribution in [1.29, 1.82) is 0 Å². The standard InChI is InChI=1S/C17H24N2O2/c1-11-8-12(2)16(10-20)13(3)15(11)9-19(5)14(4)17-6-7-21-18-17/h6-8,14,20H,9-10H2,1-5H3/t14-/m0/s1. The van der Waals surface area contributed by atoms with Gasteiger partial charge in [0.1, 0.15) is 12.0 Å². The van der Waals surface area contributed by atoms with Gasteiger partial charge in [0.05, 0.1) is 12.6 Å². The van der Waals surface area contributed by atoms with Gasteiger partial charge in [0.2, 0.25) is 0 Å². The van der Waals surface area contributed by atoms with Crippen LogP contribution in [-0.2, 0) is 13.2 Å². The molecular formula is C17H24N2O2. The molecule has 2 aromatic rings. The number of nitrogens with zero attached hydrogens (tertiary/aromatic N) is 2. The second kappa shape index (κ2) is 6.41. The lowest BCUT2D eigenvalue weighted by Gasteiger charge is -2.26. The van der Waals surface area contributed by atoms with Crippen molar-refractivity contribution in [2.45, 2.75) is 46.9 Å². The van der Waals surface area contributed by atoms with E-state index in [1.54, 1.807) is 6.26 Å². The van der Waals surface area contributed by atoms with Crippen molar-refractivity contribution < 1.29 is 9.63 Å². The normalized spacial score (nSPS) is 12.9. The summed E-state index contributed by atoms with van der Waals surface area (Å²) in [5.41, 5.74) is 6.86.